The van der Waals surface area contributed by atoms with E-state index in [1.807, 2.05) is 6.92 Å². The van der Waals surface area contributed by atoms with Crippen LogP contribution in [0.2, 0.25) is 0 Å². The van der Waals surface area contributed by atoms with Crippen LogP contribution in [0, 0.1) is 0 Å². The minimum Gasteiger partial charge on any atom is -0.466 e. The SMILES string of the molecule is CCCCCCCCCCCC[C@@H]1O[C@H]1CC/C=C/CCC(=O)OCC. The lowest BCUT2D eigenvalue weighted by molar-refractivity contribution is -0.143. The molecule has 0 saturated carbocycles. The van der Waals surface area contributed by atoms with Gasteiger partial charge in [-0.25, -0.2) is 0 Å². The van der Waals surface area contributed by atoms with Crippen molar-refractivity contribution in [2.24, 2.45) is 0 Å². The zero-order valence-electron chi connectivity index (χ0n) is 17.3. The number of epoxide rings is 1. The Hall–Kier alpha value is -0.830. The molecular formula is C23H42O3. The van der Waals surface area contributed by atoms with E-state index in [4.69, 9.17) is 9.47 Å². The predicted molar refractivity (Wildman–Crippen MR) is 109 cm³/mol. The molecule has 0 radical (unpaired) electrons. The quantitative estimate of drug-likeness (QED) is 0.117. The van der Waals surface area contributed by atoms with E-state index < -0.39 is 0 Å². The Morgan fingerprint density at radius 2 is 1.38 bits per heavy atom. The molecule has 26 heavy (non-hydrogen) atoms. The second-order valence-corrected chi connectivity index (χ2v) is 7.58. The summed E-state index contributed by atoms with van der Waals surface area (Å²) in [5.41, 5.74) is 0. The molecule has 1 aliphatic heterocycles. The van der Waals surface area contributed by atoms with E-state index in [1.165, 1.54) is 70.6 Å². The molecule has 0 unspecified atom stereocenters. The van der Waals surface area contributed by atoms with Crippen molar-refractivity contribution >= 4 is 5.97 Å². The molecule has 0 spiro atoms. The predicted octanol–water partition coefficient (Wildman–Crippen LogP) is 6.74. The molecule has 0 N–H and O–H groups in total. The molecule has 152 valence electrons. The van der Waals surface area contributed by atoms with Crippen molar-refractivity contribution in [1.29, 1.82) is 0 Å². The summed E-state index contributed by atoms with van der Waals surface area (Å²) in [6, 6.07) is 0. The minimum absolute atomic E-state index is 0.0979. The molecule has 0 amide bonds. The van der Waals surface area contributed by atoms with Crippen molar-refractivity contribution in [3.05, 3.63) is 12.2 Å². The number of ether oxygens (including phenoxy) is 2. The number of hydrogen-bond acceptors (Lipinski definition) is 3. The van der Waals surface area contributed by atoms with Gasteiger partial charge < -0.3 is 9.47 Å². The monoisotopic (exact) mass is 366 g/mol. The van der Waals surface area contributed by atoms with Crippen LogP contribution in [-0.2, 0) is 14.3 Å². The first-order chi connectivity index (χ1) is 12.8. The first-order valence-electron chi connectivity index (χ1n) is 11.2. The summed E-state index contributed by atoms with van der Waals surface area (Å²) in [5.74, 6) is -0.0979. The standard InChI is InChI=1S/C23H42O3/c1-3-5-6-7-8-9-10-11-12-15-18-21-22(26-21)19-16-13-14-17-20-23(24)25-4-2/h13-14,21-22H,3-12,15-20H2,1-2H3/b14-13+/t21-,22-/m0/s1. The summed E-state index contributed by atoms with van der Waals surface area (Å²) >= 11 is 0. The maximum Gasteiger partial charge on any atom is 0.306 e. The maximum absolute atomic E-state index is 11.2. The van der Waals surface area contributed by atoms with E-state index in [1.54, 1.807) is 0 Å². The highest BCUT2D eigenvalue weighted by molar-refractivity contribution is 5.69. The second-order valence-electron chi connectivity index (χ2n) is 7.58. The summed E-state index contributed by atoms with van der Waals surface area (Å²) < 4.78 is 10.7. The second kappa shape index (κ2) is 16.4. The topological polar surface area (TPSA) is 38.8 Å². The number of esters is 1. The van der Waals surface area contributed by atoms with Crippen molar-refractivity contribution < 1.29 is 14.3 Å². The highest BCUT2D eigenvalue weighted by Crippen LogP contribution is 2.31. The third-order valence-corrected chi connectivity index (χ3v) is 5.13. The first-order valence-corrected chi connectivity index (χ1v) is 11.2. The Morgan fingerprint density at radius 3 is 2.04 bits per heavy atom. The van der Waals surface area contributed by atoms with Crippen LogP contribution in [0.5, 0.6) is 0 Å². The van der Waals surface area contributed by atoms with E-state index in [2.05, 4.69) is 19.1 Å². The normalized spacial score (nSPS) is 19.2. The molecule has 0 aliphatic carbocycles. The number of unbranched alkanes of at least 4 members (excludes halogenated alkanes) is 9. The number of allylic oxidation sites excluding steroid dienone is 2. The molecule has 1 heterocycles. The van der Waals surface area contributed by atoms with Crippen molar-refractivity contribution in [2.75, 3.05) is 6.61 Å². The lowest BCUT2D eigenvalue weighted by atomic mass is 10.0. The smallest absolute Gasteiger partial charge is 0.306 e. The molecule has 3 nitrogen and oxygen atoms in total. The Balaban J connectivity index is 1.80. The largest absolute Gasteiger partial charge is 0.466 e. The van der Waals surface area contributed by atoms with E-state index in [-0.39, 0.29) is 5.97 Å². The summed E-state index contributed by atoms with van der Waals surface area (Å²) in [5, 5.41) is 0. The Bertz CT molecular complexity index is 364. The molecule has 1 fully saturated rings. The van der Waals surface area contributed by atoms with Gasteiger partial charge in [-0.2, -0.15) is 0 Å². The fourth-order valence-corrected chi connectivity index (χ4v) is 3.45. The molecule has 1 saturated heterocycles. The number of hydrogen-bond donors (Lipinski definition) is 0. The fraction of sp³-hybridized carbons (Fsp3) is 0.870. The third kappa shape index (κ3) is 13.4. The molecule has 0 aromatic heterocycles. The van der Waals surface area contributed by atoms with Crippen molar-refractivity contribution in [1.82, 2.24) is 0 Å². The molecule has 2 atom stereocenters. The summed E-state index contributed by atoms with van der Waals surface area (Å²) in [6.07, 6.45) is 24.0. The highest BCUT2D eigenvalue weighted by atomic mass is 16.6. The fourth-order valence-electron chi connectivity index (χ4n) is 3.45. The molecular weight excluding hydrogens is 324 g/mol. The van der Waals surface area contributed by atoms with Gasteiger partial charge in [-0.1, -0.05) is 83.3 Å². The Kier molecular flexibility index (Phi) is 14.6. The van der Waals surface area contributed by atoms with Crippen LogP contribution in [0.1, 0.15) is 110 Å². The molecule has 0 aromatic carbocycles. The van der Waals surface area contributed by atoms with Gasteiger partial charge in [0.1, 0.15) is 0 Å². The molecule has 0 aromatic rings. The van der Waals surface area contributed by atoms with E-state index in [0.29, 0.717) is 25.2 Å². The zero-order chi connectivity index (χ0) is 18.9. The van der Waals surface area contributed by atoms with Crippen LogP contribution in [0.3, 0.4) is 0 Å². The van der Waals surface area contributed by atoms with Gasteiger partial charge in [0.2, 0.25) is 0 Å². The lowest BCUT2D eigenvalue weighted by Gasteiger charge is -2.01. The van der Waals surface area contributed by atoms with E-state index in [9.17, 15) is 4.79 Å². The summed E-state index contributed by atoms with van der Waals surface area (Å²) in [7, 11) is 0. The van der Waals surface area contributed by atoms with Gasteiger partial charge in [0.25, 0.3) is 0 Å². The van der Waals surface area contributed by atoms with Crippen molar-refractivity contribution in [3.8, 4) is 0 Å². The number of carbonyl (C=O) groups is 1. The van der Waals surface area contributed by atoms with Crippen molar-refractivity contribution in [2.45, 2.75) is 122 Å². The van der Waals surface area contributed by atoms with Crippen LogP contribution in [0.15, 0.2) is 12.2 Å². The maximum atomic E-state index is 11.2. The Labute approximate surface area is 161 Å². The minimum atomic E-state index is -0.0979. The van der Waals surface area contributed by atoms with E-state index >= 15 is 0 Å². The van der Waals surface area contributed by atoms with Gasteiger partial charge in [0.15, 0.2) is 0 Å². The van der Waals surface area contributed by atoms with Crippen LogP contribution in [-0.4, -0.2) is 24.8 Å². The molecule has 1 rings (SSSR count). The van der Waals surface area contributed by atoms with Crippen LogP contribution >= 0.6 is 0 Å². The van der Waals surface area contributed by atoms with E-state index in [0.717, 1.165) is 19.3 Å². The molecule has 0 bridgehead atoms. The summed E-state index contributed by atoms with van der Waals surface area (Å²) in [4.78, 5) is 11.2. The van der Waals surface area contributed by atoms with Crippen LogP contribution in [0.25, 0.3) is 0 Å². The third-order valence-electron chi connectivity index (χ3n) is 5.13. The number of rotatable bonds is 18. The van der Waals surface area contributed by atoms with Crippen LogP contribution in [0.4, 0.5) is 0 Å². The average molecular weight is 367 g/mol. The van der Waals surface area contributed by atoms with Crippen LogP contribution < -0.4 is 0 Å². The van der Waals surface area contributed by atoms with Gasteiger partial charge in [-0.05, 0) is 32.6 Å². The zero-order valence-corrected chi connectivity index (χ0v) is 17.3. The lowest BCUT2D eigenvalue weighted by Crippen LogP contribution is -2.02. The summed E-state index contributed by atoms with van der Waals surface area (Å²) in [6.45, 7) is 4.59. The molecule has 3 heteroatoms. The van der Waals surface area contributed by atoms with Gasteiger partial charge >= 0.3 is 5.97 Å². The Morgan fingerprint density at radius 1 is 0.808 bits per heavy atom. The van der Waals surface area contributed by atoms with Gasteiger partial charge in [0, 0.05) is 6.42 Å². The van der Waals surface area contributed by atoms with Crippen molar-refractivity contribution in [3.63, 3.8) is 0 Å². The van der Waals surface area contributed by atoms with Gasteiger partial charge in [-0.3, -0.25) is 4.79 Å². The number of carbonyl (C=O) groups excluding carboxylic acids is 1. The van der Waals surface area contributed by atoms with Gasteiger partial charge in [-0.15, -0.1) is 0 Å². The van der Waals surface area contributed by atoms with Gasteiger partial charge in [0.05, 0.1) is 18.8 Å². The first kappa shape index (κ1) is 23.2. The highest BCUT2D eigenvalue weighted by Gasteiger charge is 2.36. The average Bonchev–Trinajstić information content (AvgIpc) is 3.38. The molecule has 1 aliphatic rings.